The number of hydrogen-bond acceptors (Lipinski definition) is 5. The molecule has 2 heterocycles. The first-order valence-electron chi connectivity index (χ1n) is 9.86. The number of carbonyl (C=O) groups is 1. The van der Waals surface area contributed by atoms with Gasteiger partial charge in [0.25, 0.3) is 5.69 Å². The molecular formula is C23H20N4O5. The van der Waals surface area contributed by atoms with E-state index in [2.05, 4.69) is 5.10 Å². The maximum Gasteiger partial charge on any atom is 0.341 e. The van der Waals surface area contributed by atoms with Crippen LogP contribution in [0, 0.1) is 24.0 Å². The first kappa shape index (κ1) is 21.0. The first-order chi connectivity index (χ1) is 15.2. The maximum atomic E-state index is 12.9. The molecule has 0 bridgehead atoms. The van der Waals surface area contributed by atoms with E-state index in [1.165, 1.54) is 18.3 Å². The summed E-state index contributed by atoms with van der Waals surface area (Å²) in [6.07, 6.45) is 1.31. The molecule has 0 atom stereocenters. The molecule has 0 saturated carbocycles. The first-order valence-corrected chi connectivity index (χ1v) is 9.86. The Morgan fingerprint density at radius 1 is 1.06 bits per heavy atom. The van der Waals surface area contributed by atoms with E-state index in [1.54, 1.807) is 28.8 Å². The van der Waals surface area contributed by atoms with Crippen molar-refractivity contribution in [1.29, 1.82) is 0 Å². The van der Waals surface area contributed by atoms with Crippen molar-refractivity contribution in [3.8, 4) is 0 Å². The fraction of sp³-hybridized carbons (Fsp3) is 0.174. The lowest BCUT2D eigenvalue weighted by atomic mass is 10.1. The molecule has 0 spiro atoms. The lowest BCUT2D eigenvalue weighted by Gasteiger charge is -2.14. The molecule has 1 N–H and O–H groups in total. The van der Waals surface area contributed by atoms with E-state index in [1.807, 2.05) is 30.7 Å². The summed E-state index contributed by atoms with van der Waals surface area (Å²) < 4.78 is 3.50. The van der Waals surface area contributed by atoms with E-state index in [4.69, 9.17) is 0 Å². The molecule has 0 saturated heterocycles. The summed E-state index contributed by atoms with van der Waals surface area (Å²) in [6.45, 7) is 4.56. The van der Waals surface area contributed by atoms with Crippen molar-refractivity contribution in [2.24, 2.45) is 0 Å². The summed E-state index contributed by atoms with van der Waals surface area (Å²) in [6, 6.07) is 13.3. The SMILES string of the molecule is Cc1cc(C)n(Cc2ccc3c(c2)c(=O)c(C(=O)O)cn3Cc2ccc([N+](=O)[O-])cc2)n1. The number of rotatable bonds is 6. The second-order valence-electron chi connectivity index (χ2n) is 7.66. The van der Waals surface area contributed by atoms with Crippen LogP contribution in [0.25, 0.3) is 10.9 Å². The van der Waals surface area contributed by atoms with Gasteiger partial charge in [-0.1, -0.05) is 18.2 Å². The summed E-state index contributed by atoms with van der Waals surface area (Å²) in [7, 11) is 0. The van der Waals surface area contributed by atoms with Crippen molar-refractivity contribution in [2.75, 3.05) is 0 Å². The Hall–Kier alpha value is -4.27. The molecule has 4 aromatic rings. The third-order valence-electron chi connectivity index (χ3n) is 5.31. The number of carboxylic acid groups (broad SMARTS) is 1. The molecule has 0 unspecified atom stereocenters. The van der Waals surface area contributed by atoms with E-state index in [0.29, 0.717) is 17.4 Å². The van der Waals surface area contributed by atoms with Gasteiger partial charge in [0.1, 0.15) is 5.56 Å². The normalized spacial score (nSPS) is 11.1. The Balaban J connectivity index is 1.79. The van der Waals surface area contributed by atoms with Gasteiger partial charge in [-0.25, -0.2) is 4.79 Å². The number of pyridine rings is 1. The number of aromatic nitrogens is 3. The molecule has 9 nitrogen and oxygen atoms in total. The number of aromatic carboxylic acids is 1. The molecule has 9 heteroatoms. The van der Waals surface area contributed by atoms with Crippen molar-refractivity contribution >= 4 is 22.6 Å². The van der Waals surface area contributed by atoms with Gasteiger partial charge in [0.05, 0.1) is 22.7 Å². The molecule has 32 heavy (non-hydrogen) atoms. The predicted octanol–water partition coefficient (Wildman–Crippen LogP) is 3.52. The van der Waals surface area contributed by atoms with Crippen LogP contribution in [0.2, 0.25) is 0 Å². The zero-order valence-electron chi connectivity index (χ0n) is 17.5. The van der Waals surface area contributed by atoms with Gasteiger partial charge in [0.15, 0.2) is 0 Å². The molecule has 4 rings (SSSR count). The number of aryl methyl sites for hydroxylation is 2. The van der Waals surface area contributed by atoms with Crippen molar-refractivity contribution < 1.29 is 14.8 Å². The minimum Gasteiger partial charge on any atom is -0.477 e. The smallest absolute Gasteiger partial charge is 0.341 e. The topological polar surface area (TPSA) is 120 Å². The van der Waals surface area contributed by atoms with E-state index in [-0.39, 0.29) is 17.8 Å². The highest BCUT2D eigenvalue weighted by Gasteiger charge is 2.16. The second kappa shape index (κ2) is 8.10. The summed E-state index contributed by atoms with van der Waals surface area (Å²) in [5, 5.41) is 25.2. The largest absolute Gasteiger partial charge is 0.477 e. The van der Waals surface area contributed by atoms with Crippen LogP contribution in [0.3, 0.4) is 0 Å². The second-order valence-corrected chi connectivity index (χ2v) is 7.66. The number of benzene rings is 2. The molecule has 0 radical (unpaired) electrons. The number of nitro groups is 1. The van der Waals surface area contributed by atoms with E-state index in [0.717, 1.165) is 22.5 Å². The number of nitro benzene ring substituents is 1. The highest BCUT2D eigenvalue weighted by Crippen LogP contribution is 2.19. The van der Waals surface area contributed by atoms with Crippen molar-refractivity contribution in [2.45, 2.75) is 26.9 Å². The van der Waals surface area contributed by atoms with Gasteiger partial charge in [-0.15, -0.1) is 0 Å². The van der Waals surface area contributed by atoms with Gasteiger partial charge in [0.2, 0.25) is 5.43 Å². The minimum atomic E-state index is -1.31. The molecule has 0 aliphatic heterocycles. The van der Waals surface area contributed by atoms with Crippen LogP contribution in [-0.2, 0) is 13.1 Å². The van der Waals surface area contributed by atoms with Gasteiger partial charge in [-0.05, 0) is 43.2 Å². The Morgan fingerprint density at radius 2 is 1.75 bits per heavy atom. The van der Waals surface area contributed by atoms with Gasteiger partial charge in [-0.2, -0.15) is 5.10 Å². The van der Waals surface area contributed by atoms with Gasteiger partial charge in [-0.3, -0.25) is 19.6 Å². The van der Waals surface area contributed by atoms with Gasteiger partial charge >= 0.3 is 5.97 Å². The Bertz CT molecular complexity index is 1420. The highest BCUT2D eigenvalue weighted by atomic mass is 16.6. The number of fused-ring (bicyclic) bond motifs is 1. The minimum absolute atomic E-state index is 0.0291. The van der Waals surface area contributed by atoms with Crippen molar-refractivity contribution in [3.63, 3.8) is 0 Å². The maximum absolute atomic E-state index is 12.9. The zero-order chi connectivity index (χ0) is 23.0. The molecule has 0 fully saturated rings. The highest BCUT2D eigenvalue weighted by molar-refractivity contribution is 5.92. The Kier molecular flexibility index (Phi) is 5.31. The van der Waals surface area contributed by atoms with Crippen LogP contribution >= 0.6 is 0 Å². The third-order valence-corrected chi connectivity index (χ3v) is 5.31. The fourth-order valence-corrected chi connectivity index (χ4v) is 3.75. The lowest BCUT2D eigenvalue weighted by Crippen LogP contribution is -2.19. The van der Waals surface area contributed by atoms with Crippen LogP contribution in [0.1, 0.15) is 32.9 Å². The summed E-state index contributed by atoms with van der Waals surface area (Å²) >= 11 is 0. The molecular weight excluding hydrogens is 412 g/mol. The molecule has 2 aromatic carbocycles. The van der Waals surface area contributed by atoms with Gasteiger partial charge in [0, 0.05) is 36.0 Å². The number of carboxylic acids is 1. The third kappa shape index (κ3) is 4.00. The summed E-state index contributed by atoms with van der Waals surface area (Å²) in [5.74, 6) is -1.31. The van der Waals surface area contributed by atoms with Crippen LogP contribution < -0.4 is 5.43 Å². The van der Waals surface area contributed by atoms with Crippen LogP contribution in [0.4, 0.5) is 5.69 Å². The fourth-order valence-electron chi connectivity index (χ4n) is 3.75. The van der Waals surface area contributed by atoms with E-state index in [9.17, 15) is 24.8 Å². The van der Waals surface area contributed by atoms with Crippen molar-refractivity contribution in [1.82, 2.24) is 14.3 Å². The predicted molar refractivity (Wildman–Crippen MR) is 118 cm³/mol. The Morgan fingerprint density at radius 3 is 2.34 bits per heavy atom. The summed E-state index contributed by atoms with van der Waals surface area (Å²) in [5.41, 5.74) is 3.10. The van der Waals surface area contributed by atoms with Crippen molar-refractivity contribution in [3.05, 3.63) is 103 Å². The summed E-state index contributed by atoms with van der Waals surface area (Å²) in [4.78, 5) is 35.0. The Labute approximate surface area is 182 Å². The van der Waals surface area contributed by atoms with Crippen LogP contribution in [0.15, 0.2) is 59.5 Å². The number of hydrogen-bond donors (Lipinski definition) is 1. The average molecular weight is 432 g/mol. The van der Waals surface area contributed by atoms with E-state index >= 15 is 0 Å². The average Bonchev–Trinajstić information content (AvgIpc) is 3.06. The van der Waals surface area contributed by atoms with Crippen LogP contribution in [0.5, 0.6) is 0 Å². The lowest BCUT2D eigenvalue weighted by molar-refractivity contribution is -0.384. The molecule has 0 aliphatic carbocycles. The molecule has 2 aromatic heterocycles. The van der Waals surface area contributed by atoms with E-state index < -0.39 is 16.3 Å². The monoisotopic (exact) mass is 432 g/mol. The van der Waals surface area contributed by atoms with Gasteiger partial charge < -0.3 is 9.67 Å². The van der Waals surface area contributed by atoms with Crippen LogP contribution in [-0.4, -0.2) is 30.3 Å². The zero-order valence-corrected chi connectivity index (χ0v) is 17.5. The quantitative estimate of drug-likeness (QED) is 0.368. The molecule has 0 aliphatic rings. The number of non-ortho nitro benzene ring substituents is 1. The number of nitrogens with zero attached hydrogens (tertiary/aromatic N) is 4. The molecule has 0 amide bonds. The molecule has 162 valence electrons. The standard InChI is InChI=1S/C23H20N4O5/c1-14-9-15(2)26(24-14)12-17-5-8-21-19(10-17)22(28)20(23(29)30)13-25(21)11-16-3-6-18(7-4-16)27(31)32/h3-10,13H,11-12H2,1-2H3,(H,29,30).